The molecule has 12 heavy (non-hydrogen) atoms. The average molecular weight is 167 g/mol. The van der Waals surface area contributed by atoms with E-state index in [0.717, 1.165) is 25.4 Å². The monoisotopic (exact) mass is 167 g/mol. The van der Waals surface area contributed by atoms with Crippen molar-refractivity contribution in [2.24, 2.45) is 0 Å². The Bertz CT molecular complexity index is 239. The van der Waals surface area contributed by atoms with Crippen molar-refractivity contribution in [2.75, 3.05) is 19.7 Å². The maximum absolute atomic E-state index is 5.68. The zero-order chi connectivity index (χ0) is 8.44. The maximum Gasteiger partial charge on any atom is 0.119 e. The van der Waals surface area contributed by atoms with Gasteiger partial charge in [-0.1, -0.05) is 0 Å². The Kier molecular flexibility index (Phi) is 1.86. The first-order valence-corrected chi connectivity index (χ1v) is 4.15. The minimum atomic E-state index is -0.227. The lowest BCUT2D eigenvalue weighted by molar-refractivity contribution is -0.0598. The van der Waals surface area contributed by atoms with Gasteiger partial charge in [0, 0.05) is 13.1 Å². The summed E-state index contributed by atoms with van der Waals surface area (Å²) in [6.45, 7) is 4.60. The van der Waals surface area contributed by atoms with Crippen LogP contribution in [-0.4, -0.2) is 29.7 Å². The molecule has 1 fully saturated rings. The zero-order valence-corrected chi connectivity index (χ0v) is 7.13. The van der Waals surface area contributed by atoms with Crippen molar-refractivity contribution in [3.05, 3.63) is 18.2 Å². The predicted molar refractivity (Wildman–Crippen MR) is 44.8 cm³/mol. The average Bonchev–Trinajstić information content (AvgIpc) is 2.58. The molecule has 0 saturated carbocycles. The SMILES string of the molecule is CC1(c2cnc[nH]2)CNCCO1. The van der Waals surface area contributed by atoms with Crippen molar-refractivity contribution in [1.82, 2.24) is 15.3 Å². The first-order chi connectivity index (χ1) is 5.81. The Labute approximate surface area is 71.3 Å². The van der Waals surface area contributed by atoms with E-state index in [0.29, 0.717) is 0 Å². The van der Waals surface area contributed by atoms with Gasteiger partial charge in [-0.25, -0.2) is 4.98 Å². The molecule has 0 aromatic carbocycles. The van der Waals surface area contributed by atoms with E-state index in [1.165, 1.54) is 0 Å². The molecular formula is C8H13N3O. The minimum Gasteiger partial charge on any atom is -0.366 e. The second kappa shape index (κ2) is 2.88. The molecule has 2 heterocycles. The Morgan fingerprint density at radius 1 is 1.67 bits per heavy atom. The van der Waals surface area contributed by atoms with Crippen LogP contribution in [0, 0.1) is 0 Å². The van der Waals surface area contributed by atoms with Gasteiger partial charge in [-0.3, -0.25) is 0 Å². The number of ether oxygens (including phenoxy) is 1. The number of hydrogen-bond donors (Lipinski definition) is 2. The summed E-state index contributed by atoms with van der Waals surface area (Å²) in [4.78, 5) is 7.05. The molecule has 0 radical (unpaired) electrons. The smallest absolute Gasteiger partial charge is 0.119 e. The fraction of sp³-hybridized carbons (Fsp3) is 0.625. The van der Waals surface area contributed by atoms with E-state index >= 15 is 0 Å². The van der Waals surface area contributed by atoms with Crippen LogP contribution in [0.25, 0.3) is 0 Å². The number of hydrogen-bond acceptors (Lipinski definition) is 3. The number of rotatable bonds is 1. The highest BCUT2D eigenvalue weighted by Gasteiger charge is 2.30. The van der Waals surface area contributed by atoms with Gasteiger partial charge in [-0.15, -0.1) is 0 Å². The van der Waals surface area contributed by atoms with Crippen molar-refractivity contribution >= 4 is 0 Å². The summed E-state index contributed by atoms with van der Waals surface area (Å²) in [5.74, 6) is 0. The molecule has 0 aliphatic carbocycles. The number of morpholine rings is 1. The minimum absolute atomic E-state index is 0.227. The third-order valence-corrected chi connectivity index (χ3v) is 2.23. The molecule has 1 aliphatic rings. The molecule has 0 amide bonds. The summed E-state index contributed by atoms with van der Waals surface area (Å²) in [5.41, 5.74) is 0.809. The molecule has 1 saturated heterocycles. The van der Waals surface area contributed by atoms with Gasteiger partial charge in [0.05, 0.1) is 24.8 Å². The molecule has 1 unspecified atom stereocenters. The highest BCUT2D eigenvalue weighted by molar-refractivity contribution is 5.08. The fourth-order valence-corrected chi connectivity index (χ4v) is 1.44. The number of nitrogens with one attached hydrogen (secondary N) is 2. The van der Waals surface area contributed by atoms with Gasteiger partial charge in [0.2, 0.25) is 0 Å². The quantitative estimate of drug-likeness (QED) is 0.630. The van der Waals surface area contributed by atoms with Crippen LogP contribution in [0.15, 0.2) is 12.5 Å². The second-order valence-electron chi connectivity index (χ2n) is 3.22. The number of imidazole rings is 1. The van der Waals surface area contributed by atoms with Gasteiger partial charge < -0.3 is 15.0 Å². The van der Waals surface area contributed by atoms with Crippen molar-refractivity contribution in [3.8, 4) is 0 Å². The Hall–Kier alpha value is -0.870. The van der Waals surface area contributed by atoms with Gasteiger partial charge in [-0.2, -0.15) is 0 Å². The molecule has 1 aromatic rings. The van der Waals surface area contributed by atoms with Crippen LogP contribution in [0.4, 0.5) is 0 Å². The van der Waals surface area contributed by atoms with Crippen LogP contribution in [0.1, 0.15) is 12.6 Å². The predicted octanol–water partition coefficient (Wildman–Crippen LogP) is 0.245. The summed E-state index contributed by atoms with van der Waals surface area (Å²) in [6, 6.07) is 0. The summed E-state index contributed by atoms with van der Waals surface area (Å²) in [7, 11) is 0. The second-order valence-corrected chi connectivity index (χ2v) is 3.22. The van der Waals surface area contributed by atoms with Crippen molar-refractivity contribution in [3.63, 3.8) is 0 Å². The van der Waals surface area contributed by atoms with E-state index in [9.17, 15) is 0 Å². The number of nitrogens with zero attached hydrogens (tertiary/aromatic N) is 1. The Morgan fingerprint density at radius 3 is 3.17 bits per heavy atom. The van der Waals surface area contributed by atoms with Gasteiger partial charge in [-0.05, 0) is 6.92 Å². The molecule has 4 heteroatoms. The zero-order valence-electron chi connectivity index (χ0n) is 7.13. The van der Waals surface area contributed by atoms with Crippen LogP contribution in [-0.2, 0) is 10.3 Å². The number of H-pyrrole nitrogens is 1. The third-order valence-electron chi connectivity index (χ3n) is 2.23. The third kappa shape index (κ3) is 1.23. The van der Waals surface area contributed by atoms with Crippen LogP contribution >= 0.6 is 0 Å². The molecule has 4 nitrogen and oxygen atoms in total. The van der Waals surface area contributed by atoms with Crippen LogP contribution in [0.3, 0.4) is 0 Å². The van der Waals surface area contributed by atoms with E-state index in [4.69, 9.17) is 4.74 Å². The van der Waals surface area contributed by atoms with Gasteiger partial charge in [0.15, 0.2) is 0 Å². The van der Waals surface area contributed by atoms with E-state index < -0.39 is 0 Å². The molecule has 0 bridgehead atoms. The lowest BCUT2D eigenvalue weighted by atomic mass is 10.0. The molecule has 2 N–H and O–H groups in total. The standard InChI is InChI=1S/C8H13N3O/c1-8(5-9-2-3-12-8)7-4-10-6-11-7/h4,6,9H,2-3,5H2,1H3,(H,10,11). The van der Waals surface area contributed by atoms with Crippen LogP contribution in [0.2, 0.25) is 0 Å². The first-order valence-electron chi connectivity index (χ1n) is 4.15. The van der Waals surface area contributed by atoms with E-state index in [1.54, 1.807) is 6.33 Å². The molecule has 0 spiro atoms. The largest absolute Gasteiger partial charge is 0.366 e. The summed E-state index contributed by atoms with van der Waals surface area (Å²) >= 11 is 0. The highest BCUT2D eigenvalue weighted by atomic mass is 16.5. The normalized spacial score (nSPS) is 30.4. The van der Waals surface area contributed by atoms with Crippen molar-refractivity contribution < 1.29 is 4.74 Å². The topological polar surface area (TPSA) is 49.9 Å². The summed E-state index contributed by atoms with van der Waals surface area (Å²) in [5, 5.41) is 3.29. The van der Waals surface area contributed by atoms with Gasteiger partial charge in [0.25, 0.3) is 0 Å². The number of aromatic nitrogens is 2. The van der Waals surface area contributed by atoms with E-state index in [-0.39, 0.29) is 5.60 Å². The molecule has 2 rings (SSSR count). The summed E-state index contributed by atoms with van der Waals surface area (Å²) < 4.78 is 5.68. The van der Waals surface area contributed by atoms with Crippen molar-refractivity contribution in [1.29, 1.82) is 0 Å². The molecule has 1 aromatic heterocycles. The lowest BCUT2D eigenvalue weighted by Gasteiger charge is -2.33. The molecule has 1 aliphatic heterocycles. The molecule has 1 atom stereocenters. The first kappa shape index (κ1) is 7.76. The highest BCUT2D eigenvalue weighted by Crippen LogP contribution is 2.23. The van der Waals surface area contributed by atoms with E-state index in [2.05, 4.69) is 22.2 Å². The van der Waals surface area contributed by atoms with Crippen molar-refractivity contribution in [2.45, 2.75) is 12.5 Å². The molecule has 66 valence electrons. The van der Waals surface area contributed by atoms with Gasteiger partial charge in [0.1, 0.15) is 5.60 Å². The molecular weight excluding hydrogens is 154 g/mol. The van der Waals surface area contributed by atoms with E-state index in [1.807, 2.05) is 6.20 Å². The summed E-state index contributed by atoms with van der Waals surface area (Å²) in [6.07, 6.45) is 3.49. The maximum atomic E-state index is 5.68. The van der Waals surface area contributed by atoms with Crippen LogP contribution in [0.5, 0.6) is 0 Å². The Morgan fingerprint density at radius 2 is 2.58 bits per heavy atom. The fourth-order valence-electron chi connectivity index (χ4n) is 1.44. The van der Waals surface area contributed by atoms with Gasteiger partial charge >= 0.3 is 0 Å². The Balaban J connectivity index is 2.19. The number of aromatic amines is 1. The van der Waals surface area contributed by atoms with Crippen LogP contribution < -0.4 is 5.32 Å². The lowest BCUT2D eigenvalue weighted by Crippen LogP contribution is -2.45.